The summed E-state index contributed by atoms with van der Waals surface area (Å²) in [5.74, 6) is 0.536. The van der Waals surface area contributed by atoms with Gasteiger partial charge in [-0.05, 0) is 94.2 Å². The Labute approximate surface area is 242 Å². The number of urea groups is 1. The van der Waals surface area contributed by atoms with E-state index in [1.54, 1.807) is 25.1 Å². The largest absolute Gasteiger partial charge is 0.341 e. The average Bonchev–Trinajstić information content (AvgIpc) is 3.57. The van der Waals surface area contributed by atoms with Crippen LogP contribution < -0.4 is 5.32 Å². The van der Waals surface area contributed by atoms with E-state index in [1.165, 1.54) is 23.1 Å². The highest BCUT2D eigenvalue weighted by Gasteiger charge is 2.29. The van der Waals surface area contributed by atoms with Crippen LogP contribution in [0.2, 0.25) is 0 Å². The van der Waals surface area contributed by atoms with Crippen LogP contribution in [-0.2, 0) is 6.42 Å². The Balaban J connectivity index is 1.35. The maximum atomic E-state index is 14.4. The number of aromatic nitrogens is 2. The highest BCUT2D eigenvalue weighted by Crippen LogP contribution is 2.33. The molecule has 0 saturated carbocycles. The molecular weight excluding hydrogens is 519 g/mol. The number of halogens is 1. The summed E-state index contributed by atoms with van der Waals surface area (Å²) < 4.78 is 16.4. The van der Waals surface area contributed by atoms with Crippen LogP contribution in [0.3, 0.4) is 0 Å². The van der Waals surface area contributed by atoms with Gasteiger partial charge in [0.1, 0.15) is 5.82 Å². The summed E-state index contributed by atoms with van der Waals surface area (Å²) in [6, 6.07) is 4.49. The average molecular weight is 563 g/mol. The van der Waals surface area contributed by atoms with E-state index in [4.69, 9.17) is 0 Å². The Morgan fingerprint density at radius 2 is 1.85 bits per heavy atom. The highest BCUT2D eigenvalue weighted by molar-refractivity contribution is 5.99. The first-order valence-electron chi connectivity index (χ1n) is 14.9. The third-order valence-corrected chi connectivity index (χ3v) is 9.04. The minimum atomic E-state index is -0.425. The molecule has 3 amide bonds. The standard InChI is InChI=1S/C32H43FN6O2/c1-21(2)36(5)31(40)27-15-26(33)6-7-28(27)39-20-25(30-22(3)16-35-17-29(30)39)14-24-8-11-37(19-24)18-23-9-12-38(13-10-23)32(41)34-4/h6-7,15-17,20-21,23-24H,8-14,18-19H2,1-5H3,(H,34,41)/t24-/m1/s1. The zero-order valence-electron chi connectivity index (χ0n) is 25.0. The number of piperidine rings is 1. The number of rotatable bonds is 7. The van der Waals surface area contributed by atoms with Gasteiger partial charge in [0.15, 0.2) is 0 Å². The van der Waals surface area contributed by atoms with Gasteiger partial charge in [0.25, 0.3) is 5.91 Å². The maximum absolute atomic E-state index is 14.4. The molecule has 2 aliphatic rings. The van der Waals surface area contributed by atoms with Crippen molar-refractivity contribution in [3.8, 4) is 5.69 Å². The second-order valence-corrected chi connectivity index (χ2v) is 12.2. The molecule has 8 nitrogen and oxygen atoms in total. The number of fused-ring (bicyclic) bond motifs is 1. The molecule has 4 heterocycles. The van der Waals surface area contributed by atoms with Gasteiger partial charge < -0.3 is 24.6 Å². The van der Waals surface area contributed by atoms with Crippen molar-refractivity contribution in [2.24, 2.45) is 11.8 Å². The number of carbonyl (C=O) groups excluding carboxylic acids is 2. The quantitative estimate of drug-likeness (QED) is 0.446. The van der Waals surface area contributed by atoms with Gasteiger partial charge >= 0.3 is 6.03 Å². The van der Waals surface area contributed by atoms with Crippen LogP contribution in [0, 0.1) is 24.6 Å². The first-order chi connectivity index (χ1) is 19.7. The smallest absolute Gasteiger partial charge is 0.317 e. The van der Waals surface area contributed by atoms with E-state index in [1.807, 2.05) is 35.7 Å². The van der Waals surface area contributed by atoms with Gasteiger partial charge in [0.05, 0.1) is 23.0 Å². The van der Waals surface area contributed by atoms with Crippen LogP contribution in [0.4, 0.5) is 9.18 Å². The number of hydrogen-bond acceptors (Lipinski definition) is 4. The molecule has 2 aromatic heterocycles. The molecule has 1 N–H and O–H groups in total. The lowest BCUT2D eigenvalue weighted by Crippen LogP contribution is -2.44. The monoisotopic (exact) mass is 562 g/mol. The topological polar surface area (TPSA) is 73.7 Å². The molecule has 41 heavy (non-hydrogen) atoms. The normalized spacial score (nSPS) is 18.4. The minimum absolute atomic E-state index is 0.00630. The number of aryl methyl sites for hydroxylation is 1. The van der Waals surface area contributed by atoms with E-state index in [0.717, 1.165) is 69.5 Å². The van der Waals surface area contributed by atoms with Gasteiger partial charge in [-0.15, -0.1) is 0 Å². The van der Waals surface area contributed by atoms with Crippen molar-refractivity contribution < 1.29 is 14.0 Å². The summed E-state index contributed by atoms with van der Waals surface area (Å²) in [5.41, 5.74) is 4.30. The summed E-state index contributed by atoms with van der Waals surface area (Å²) in [6.45, 7) is 10.9. The van der Waals surface area contributed by atoms with Crippen molar-refractivity contribution in [2.45, 2.75) is 52.5 Å². The molecule has 5 rings (SSSR count). The lowest BCUT2D eigenvalue weighted by molar-refractivity contribution is 0.0754. The Bertz CT molecular complexity index is 1410. The van der Waals surface area contributed by atoms with Crippen LogP contribution in [0.1, 0.15) is 54.6 Å². The van der Waals surface area contributed by atoms with E-state index in [-0.39, 0.29) is 18.0 Å². The Morgan fingerprint density at radius 1 is 1.12 bits per heavy atom. The van der Waals surface area contributed by atoms with Crippen LogP contribution in [0.15, 0.2) is 36.8 Å². The molecule has 1 aromatic carbocycles. The van der Waals surface area contributed by atoms with Crippen molar-refractivity contribution >= 4 is 22.8 Å². The molecule has 9 heteroatoms. The van der Waals surface area contributed by atoms with Gasteiger partial charge in [-0.3, -0.25) is 9.78 Å². The number of amides is 3. The second-order valence-electron chi connectivity index (χ2n) is 12.2. The van der Waals surface area contributed by atoms with Crippen LogP contribution in [-0.4, -0.2) is 89.1 Å². The molecular formula is C32H43FN6O2. The zero-order valence-corrected chi connectivity index (χ0v) is 25.0. The number of nitrogens with zero attached hydrogens (tertiary/aromatic N) is 5. The molecule has 0 bridgehead atoms. The maximum Gasteiger partial charge on any atom is 0.317 e. The van der Waals surface area contributed by atoms with Crippen LogP contribution in [0.5, 0.6) is 0 Å². The van der Waals surface area contributed by atoms with Gasteiger partial charge in [0.2, 0.25) is 0 Å². The lowest BCUT2D eigenvalue weighted by Gasteiger charge is -2.33. The van der Waals surface area contributed by atoms with Gasteiger partial charge in [-0.2, -0.15) is 0 Å². The fourth-order valence-electron chi connectivity index (χ4n) is 6.51. The van der Waals surface area contributed by atoms with Crippen LogP contribution >= 0.6 is 0 Å². The molecule has 0 unspecified atom stereocenters. The van der Waals surface area contributed by atoms with Gasteiger partial charge in [-0.1, -0.05) is 0 Å². The van der Waals surface area contributed by atoms with E-state index in [9.17, 15) is 14.0 Å². The molecule has 0 spiro atoms. The molecule has 2 saturated heterocycles. The SMILES string of the molecule is CNC(=O)N1CCC(CN2CC[C@H](Cc3cn(-c4ccc(F)cc4C(=O)N(C)C(C)C)c4cncc(C)c34)C2)CC1. The van der Waals surface area contributed by atoms with Gasteiger partial charge in [-0.25, -0.2) is 9.18 Å². The van der Waals surface area contributed by atoms with Gasteiger partial charge in [0, 0.05) is 64.1 Å². The molecule has 3 aromatic rings. The Kier molecular flexibility index (Phi) is 8.63. The van der Waals surface area contributed by atoms with Crippen molar-refractivity contribution in [1.29, 1.82) is 0 Å². The summed E-state index contributed by atoms with van der Waals surface area (Å²) in [7, 11) is 3.45. The van der Waals surface area contributed by atoms with Crippen molar-refractivity contribution in [1.82, 2.24) is 29.6 Å². The highest BCUT2D eigenvalue weighted by atomic mass is 19.1. The first kappa shape index (κ1) is 29.0. The third kappa shape index (κ3) is 6.10. The second kappa shape index (κ2) is 12.2. The van der Waals surface area contributed by atoms with Crippen molar-refractivity contribution in [2.75, 3.05) is 46.8 Å². The van der Waals surface area contributed by atoms with E-state index in [2.05, 4.69) is 28.3 Å². The van der Waals surface area contributed by atoms with Crippen molar-refractivity contribution in [3.05, 3.63) is 59.3 Å². The number of nitrogens with one attached hydrogen (secondary N) is 1. The first-order valence-corrected chi connectivity index (χ1v) is 14.9. The van der Waals surface area contributed by atoms with E-state index in [0.29, 0.717) is 23.1 Å². The predicted molar refractivity (Wildman–Crippen MR) is 160 cm³/mol. The predicted octanol–water partition coefficient (Wildman–Crippen LogP) is 4.87. The number of carbonyl (C=O) groups is 2. The fraction of sp³-hybridized carbons (Fsp3) is 0.531. The summed E-state index contributed by atoms with van der Waals surface area (Å²) in [6.07, 6.45) is 10.1. The molecule has 0 radical (unpaired) electrons. The number of pyridine rings is 1. The van der Waals surface area contributed by atoms with Crippen LogP contribution in [0.25, 0.3) is 16.6 Å². The van der Waals surface area contributed by atoms with Crippen molar-refractivity contribution in [3.63, 3.8) is 0 Å². The summed E-state index contributed by atoms with van der Waals surface area (Å²) in [4.78, 5) is 35.9. The molecule has 1 atom stereocenters. The number of hydrogen-bond donors (Lipinski definition) is 1. The third-order valence-electron chi connectivity index (χ3n) is 9.04. The lowest BCUT2D eigenvalue weighted by atomic mass is 9.96. The minimum Gasteiger partial charge on any atom is -0.341 e. The fourth-order valence-corrected chi connectivity index (χ4v) is 6.51. The molecule has 220 valence electrons. The number of likely N-dealkylation sites (tertiary alicyclic amines) is 2. The zero-order chi connectivity index (χ0) is 29.3. The Hall–Kier alpha value is -3.46. The Morgan fingerprint density at radius 3 is 2.56 bits per heavy atom. The molecule has 2 aliphatic heterocycles. The van der Waals surface area contributed by atoms with E-state index >= 15 is 0 Å². The molecule has 2 fully saturated rings. The number of benzene rings is 1. The summed E-state index contributed by atoms with van der Waals surface area (Å²) in [5, 5.41) is 3.90. The van der Waals surface area contributed by atoms with E-state index < -0.39 is 5.82 Å². The molecule has 0 aliphatic carbocycles. The summed E-state index contributed by atoms with van der Waals surface area (Å²) >= 11 is 0.